The van der Waals surface area contributed by atoms with Crippen LogP contribution in [0.3, 0.4) is 0 Å². The van der Waals surface area contributed by atoms with Gasteiger partial charge in [0.2, 0.25) is 5.91 Å². The van der Waals surface area contributed by atoms with E-state index in [1.54, 1.807) is 0 Å². The SMILES string of the molecule is Cl.NCCc1ccc(CN2CCCC2=O)cc1. The largest absolute Gasteiger partial charge is 0.338 e. The Morgan fingerprint density at radius 2 is 1.82 bits per heavy atom. The molecule has 0 aromatic heterocycles. The Hall–Kier alpha value is -1.06. The molecule has 0 spiro atoms. The van der Waals surface area contributed by atoms with E-state index >= 15 is 0 Å². The summed E-state index contributed by atoms with van der Waals surface area (Å²) in [7, 11) is 0. The molecule has 0 unspecified atom stereocenters. The molecule has 0 bridgehead atoms. The summed E-state index contributed by atoms with van der Waals surface area (Å²) in [4.78, 5) is 13.4. The number of hydrogen-bond acceptors (Lipinski definition) is 2. The standard InChI is InChI=1S/C13H18N2O.ClH/c14-8-7-11-3-5-12(6-4-11)10-15-9-1-2-13(15)16;/h3-6H,1-2,7-10,14H2;1H. The van der Waals surface area contributed by atoms with Crippen molar-refractivity contribution >= 4 is 18.3 Å². The van der Waals surface area contributed by atoms with E-state index in [2.05, 4.69) is 24.3 Å². The number of amides is 1. The number of nitrogens with zero attached hydrogens (tertiary/aromatic N) is 1. The zero-order chi connectivity index (χ0) is 11.4. The maximum Gasteiger partial charge on any atom is 0.222 e. The van der Waals surface area contributed by atoms with E-state index in [0.717, 1.165) is 25.9 Å². The van der Waals surface area contributed by atoms with E-state index in [0.29, 0.717) is 13.0 Å². The van der Waals surface area contributed by atoms with Gasteiger partial charge in [0.05, 0.1) is 0 Å². The number of carbonyl (C=O) groups excluding carboxylic acids is 1. The van der Waals surface area contributed by atoms with Gasteiger partial charge in [-0.2, -0.15) is 0 Å². The van der Waals surface area contributed by atoms with Gasteiger partial charge in [-0.1, -0.05) is 24.3 Å². The summed E-state index contributed by atoms with van der Waals surface area (Å²) in [5, 5.41) is 0. The van der Waals surface area contributed by atoms with Gasteiger partial charge < -0.3 is 10.6 Å². The molecular formula is C13H19ClN2O. The third-order valence-corrected chi connectivity index (χ3v) is 3.00. The summed E-state index contributed by atoms with van der Waals surface area (Å²) in [6, 6.07) is 8.39. The van der Waals surface area contributed by atoms with Crippen molar-refractivity contribution in [1.29, 1.82) is 0 Å². The molecule has 2 N–H and O–H groups in total. The fourth-order valence-electron chi connectivity index (χ4n) is 2.07. The monoisotopic (exact) mass is 254 g/mol. The molecule has 1 heterocycles. The van der Waals surface area contributed by atoms with E-state index in [9.17, 15) is 4.79 Å². The molecule has 0 radical (unpaired) electrons. The minimum absolute atomic E-state index is 0. The molecule has 0 aliphatic carbocycles. The van der Waals surface area contributed by atoms with Gasteiger partial charge in [0.15, 0.2) is 0 Å². The molecule has 94 valence electrons. The number of benzene rings is 1. The van der Waals surface area contributed by atoms with Gasteiger partial charge in [-0.15, -0.1) is 12.4 Å². The van der Waals surface area contributed by atoms with E-state index in [4.69, 9.17) is 5.73 Å². The van der Waals surface area contributed by atoms with Gasteiger partial charge >= 0.3 is 0 Å². The molecule has 1 aliphatic heterocycles. The van der Waals surface area contributed by atoms with Gasteiger partial charge in [-0.05, 0) is 30.5 Å². The van der Waals surface area contributed by atoms with Crippen LogP contribution in [0.5, 0.6) is 0 Å². The summed E-state index contributed by atoms with van der Waals surface area (Å²) >= 11 is 0. The molecule has 1 saturated heterocycles. The number of hydrogen-bond donors (Lipinski definition) is 1. The van der Waals surface area contributed by atoms with Crippen molar-refractivity contribution in [3.8, 4) is 0 Å². The van der Waals surface area contributed by atoms with Crippen molar-refractivity contribution < 1.29 is 4.79 Å². The molecule has 0 atom stereocenters. The zero-order valence-electron chi connectivity index (χ0n) is 9.89. The smallest absolute Gasteiger partial charge is 0.222 e. The van der Waals surface area contributed by atoms with E-state index in [1.165, 1.54) is 11.1 Å². The zero-order valence-corrected chi connectivity index (χ0v) is 10.7. The Kier molecular flexibility index (Phi) is 5.45. The second-order valence-electron chi connectivity index (χ2n) is 4.27. The summed E-state index contributed by atoms with van der Waals surface area (Å²) < 4.78 is 0. The van der Waals surface area contributed by atoms with Crippen molar-refractivity contribution in [3.05, 3.63) is 35.4 Å². The maximum atomic E-state index is 11.5. The average Bonchev–Trinajstić information content (AvgIpc) is 2.68. The molecule has 3 nitrogen and oxygen atoms in total. The van der Waals surface area contributed by atoms with Gasteiger partial charge in [0.25, 0.3) is 0 Å². The first-order valence-electron chi connectivity index (χ1n) is 5.85. The first-order chi connectivity index (χ1) is 7.79. The van der Waals surface area contributed by atoms with E-state index < -0.39 is 0 Å². The lowest BCUT2D eigenvalue weighted by molar-refractivity contribution is -0.128. The van der Waals surface area contributed by atoms with Crippen LogP contribution in [0.4, 0.5) is 0 Å². The van der Waals surface area contributed by atoms with Gasteiger partial charge in [0, 0.05) is 19.5 Å². The molecule has 1 aliphatic rings. The molecule has 1 aromatic carbocycles. The highest BCUT2D eigenvalue weighted by molar-refractivity contribution is 5.85. The van der Waals surface area contributed by atoms with Gasteiger partial charge in [-0.3, -0.25) is 4.79 Å². The summed E-state index contributed by atoms with van der Waals surface area (Å²) in [5.41, 5.74) is 7.96. The molecule has 0 saturated carbocycles. The molecule has 1 fully saturated rings. The van der Waals surface area contributed by atoms with E-state index in [1.807, 2.05) is 4.90 Å². The quantitative estimate of drug-likeness (QED) is 0.890. The summed E-state index contributed by atoms with van der Waals surface area (Å²) in [6.45, 7) is 2.34. The van der Waals surface area contributed by atoms with Crippen molar-refractivity contribution in [2.24, 2.45) is 5.73 Å². The Labute approximate surface area is 108 Å². The van der Waals surface area contributed by atoms with Crippen LogP contribution in [0.15, 0.2) is 24.3 Å². The van der Waals surface area contributed by atoms with Crippen LogP contribution in [0.2, 0.25) is 0 Å². The van der Waals surface area contributed by atoms with Crippen molar-refractivity contribution in [2.45, 2.75) is 25.8 Å². The van der Waals surface area contributed by atoms with Gasteiger partial charge in [0.1, 0.15) is 0 Å². The third-order valence-electron chi connectivity index (χ3n) is 3.00. The van der Waals surface area contributed by atoms with Gasteiger partial charge in [-0.25, -0.2) is 0 Å². The van der Waals surface area contributed by atoms with Crippen molar-refractivity contribution in [3.63, 3.8) is 0 Å². The van der Waals surface area contributed by atoms with Crippen LogP contribution in [-0.2, 0) is 17.8 Å². The Bertz CT molecular complexity index is 364. The lowest BCUT2D eigenvalue weighted by Crippen LogP contribution is -2.23. The highest BCUT2D eigenvalue weighted by Crippen LogP contribution is 2.14. The van der Waals surface area contributed by atoms with Crippen molar-refractivity contribution in [1.82, 2.24) is 4.90 Å². The Morgan fingerprint density at radius 1 is 1.18 bits per heavy atom. The molecule has 17 heavy (non-hydrogen) atoms. The number of halogens is 1. The van der Waals surface area contributed by atoms with Crippen LogP contribution < -0.4 is 5.73 Å². The van der Waals surface area contributed by atoms with E-state index in [-0.39, 0.29) is 18.3 Å². The normalized spacial score (nSPS) is 14.9. The van der Waals surface area contributed by atoms with Crippen LogP contribution in [0.1, 0.15) is 24.0 Å². The fourth-order valence-corrected chi connectivity index (χ4v) is 2.07. The highest BCUT2D eigenvalue weighted by Gasteiger charge is 2.19. The van der Waals surface area contributed by atoms with Crippen LogP contribution >= 0.6 is 12.4 Å². The lowest BCUT2D eigenvalue weighted by Gasteiger charge is -2.15. The first kappa shape index (κ1) is 14.0. The lowest BCUT2D eigenvalue weighted by atomic mass is 10.1. The topological polar surface area (TPSA) is 46.3 Å². The predicted molar refractivity (Wildman–Crippen MR) is 71.1 cm³/mol. The van der Waals surface area contributed by atoms with Crippen molar-refractivity contribution in [2.75, 3.05) is 13.1 Å². The molecule has 4 heteroatoms. The Balaban J connectivity index is 0.00000144. The number of likely N-dealkylation sites (tertiary alicyclic amines) is 1. The molecule has 2 rings (SSSR count). The number of rotatable bonds is 4. The second kappa shape index (κ2) is 6.62. The number of carbonyl (C=O) groups is 1. The average molecular weight is 255 g/mol. The Morgan fingerprint density at radius 3 is 2.35 bits per heavy atom. The second-order valence-corrected chi connectivity index (χ2v) is 4.27. The minimum atomic E-state index is 0. The summed E-state index contributed by atoms with van der Waals surface area (Å²) in [5.74, 6) is 0.283. The molecule has 1 aromatic rings. The number of nitrogens with two attached hydrogens (primary N) is 1. The minimum Gasteiger partial charge on any atom is -0.338 e. The molecular weight excluding hydrogens is 236 g/mol. The highest BCUT2D eigenvalue weighted by atomic mass is 35.5. The fraction of sp³-hybridized carbons (Fsp3) is 0.462. The first-order valence-corrected chi connectivity index (χ1v) is 5.85. The van der Waals surface area contributed by atoms with Crippen LogP contribution in [0.25, 0.3) is 0 Å². The van der Waals surface area contributed by atoms with Crippen LogP contribution in [0, 0.1) is 0 Å². The third kappa shape index (κ3) is 3.72. The van der Waals surface area contributed by atoms with Crippen LogP contribution in [-0.4, -0.2) is 23.9 Å². The summed E-state index contributed by atoms with van der Waals surface area (Å²) in [6.07, 6.45) is 2.64. The molecule has 1 amide bonds. The maximum absolute atomic E-state index is 11.5. The predicted octanol–water partition coefficient (Wildman–Crippen LogP) is 1.73.